The molecule has 0 saturated carbocycles. The van der Waals surface area contributed by atoms with E-state index >= 15 is 0 Å². The van der Waals surface area contributed by atoms with E-state index in [2.05, 4.69) is 13.0 Å². The largest absolute Gasteiger partial charge is 0.461 e. The Morgan fingerprint density at radius 3 is 2.88 bits per heavy atom. The van der Waals surface area contributed by atoms with E-state index in [-0.39, 0.29) is 0 Å². The molecular weight excluding hydrogens is 198 g/mol. The second-order valence-corrected chi connectivity index (χ2v) is 3.94. The number of rotatable bonds is 4. The molecule has 0 fully saturated rings. The normalized spacial score (nSPS) is 10.5. The fraction of sp³-hybridized carbons (Fsp3) is 0.357. The maximum absolute atomic E-state index is 8.86. The van der Waals surface area contributed by atoms with Crippen LogP contribution in [0.5, 0.6) is 0 Å². The van der Waals surface area contributed by atoms with Crippen LogP contribution >= 0.6 is 0 Å². The van der Waals surface area contributed by atoms with Crippen molar-refractivity contribution < 1.29 is 4.42 Å². The van der Waals surface area contributed by atoms with E-state index in [1.54, 1.807) is 0 Å². The Morgan fingerprint density at radius 1 is 1.31 bits per heavy atom. The van der Waals surface area contributed by atoms with E-state index < -0.39 is 0 Å². The first kappa shape index (κ1) is 10.8. The van der Waals surface area contributed by atoms with Gasteiger partial charge in [0, 0.05) is 17.4 Å². The molecule has 1 aromatic heterocycles. The van der Waals surface area contributed by atoms with Gasteiger partial charge in [-0.1, -0.05) is 31.5 Å². The summed E-state index contributed by atoms with van der Waals surface area (Å²) in [7, 11) is 0. The molecule has 16 heavy (non-hydrogen) atoms. The summed E-state index contributed by atoms with van der Waals surface area (Å²) in [4.78, 5) is 0. The van der Waals surface area contributed by atoms with E-state index in [0.29, 0.717) is 6.42 Å². The molecule has 0 saturated heterocycles. The second-order valence-electron chi connectivity index (χ2n) is 3.94. The molecule has 0 N–H and O–H groups in total. The number of unbranched alkanes of at least 4 members (excludes halogenated alkanes) is 1. The van der Waals surface area contributed by atoms with Crippen LogP contribution in [0.1, 0.15) is 31.1 Å². The van der Waals surface area contributed by atoms with E-state index in [4.69, 9.17) is 9.68 Å². The fourth-order valence-corrected chi connectivity index (χ4v) is 1.96. The van der Waals surface area contributed by atoms with Crippen molar-refractivity contribution in [3.63, 3.8) is 0 Å². The Bertz CT molecular complexity index is 519. The van der Waals surface area contributed by atoms with Crippen molar-refractivity contribution in [3.8, 4) is 6.07 Å². The number of para-hydroxylation sites is 1. The zero-order valence-corrected chi connectivity index (χ0v) is 9.49. The van der Waals surface area contributed by atoms with Gasteiger partial charge in [0.2, 0.25) is 0 Å². The summed E-state index contributed by atoms with van der Waals surface area (Å²) < 4.78 is 5.80. The smallest absolute Gasteiger partial charge is 0.134 e. The topological polar surface area (TPSA) is 36.9 Å². The number of nitrogens with zero attached hydrogens (tertiary/aromatic N) is 1. The van der Waals surface area contributed by atoms with Crippen molar-refractivity contribution in [2.45, 2.75) is 32.6 Å². The molecule has 1 heterocycles. The summed E-state index contributed by atoms with van der Waals surface area (Å²) >= 11 is 0. The molecule has 1 aromatic carbocycles. The molecular formula is C14H15NO. The Hall–Kier alpha value is -1.75. The highest BCUT2D eigenvalue weighted by Gasteiger charge is 2.12. The first-order valence-corrected chi connectivity index (χ1v) is 5.73. The third-order valence-electron chi connectivity index (χ3n) is 2.80. The Kier molecular flexibility index (Phi) is 3.26. The third-order valence-corrected chi connectivity index (χ3v) is 2.80. The van der Waals surface area contributed by atoms with Crippen molar-refractivity contribution >= 4 is 11.0 Å². The number of fused-ring (bicyclic) bond motifs is 1. The molecule has 0 unspecified atom stereocenters. The maximum atomic E-state index is 8.86. The van der Waals surface area contributed by atoms with Crippen molar-refractivity contribution in [3.05, 3.63) is 35.6 Å². The minimum absolute atomic E-state index is 0.441. The number of aryl methyl sites for hydroxylation is 1. The first-order chi connectivity index (χ1) is 7.86. The highest BCUT2D eigenvalue weighted by Crippen LogP contribution is 2.27. The van der Waals surface area contributed by atoms with Crippen LogP contribution in [0, 0.1) is 11.3 Å². The lowest BCUT2D eigenvalue weighted by molar-refractivity contribution is 0.531. The third kappa shape index (κ3) is 1.94. The van der Waals surface area contributed by atoms with Gasteiger partial charge in [0.1, 0.15) is 11.3 Å². The standard InChI is InChI=1S/C14H15NO/c1-2-3-7-13-12(9-10-15)11-6-4-5-8-14(11)16-13/h4-6,8H,2-3,7,9H2,1H3. The number of hydrogen-bond donors (Lipinski definition) is 0. The van der Waals surface area contributed by atoms with Crippen LogP contribution in [0.2, 0.25) is 0 Å². The van der Waals surface area contributed by atoms with E-state index in [9.17, 15) is 0 Å². The van der Waals surface area contributed by atoms with Gasteiger partial charge in [0.05, 0.1) is 12.5 Å². The minimum Gasteiger partial charge on any atom is -0.461 e. The van der Waals surface area contributed by atoms with Gasteiger partial charge in [-0.15, -0.1) is 0 Å². The summed E-state index contributed by atoms with van der Waals surface area (Å²) in [6, 6.07) is 10.2. The van der Waals surface area contributed by atoms with Crippen LogP contribution in [-0.4, -0.2) is 0 Å². The number of benzene rings is 1. The molecule has 2 aromatic rings. The predicted molar refractivity (Wildman–Crippen MR) is 64.1 cm³/mol. The lowest BCUT2D eigenvalue weighted by atomic mass is 10.1. The molecule has 0 aliphatic carbocycles. The lowest BCUT2D eigenvalue weighted by Crippen LogP contribution is -1.88. The molecule has 2 heteroatoms. The average molecular weight is 213 g/mol. The summed E-state index contributed by atoms with van der Waals surface area (Å²) in [5.74, 6) is 0.990. The van der Waals surface area contributed by atoms with Crippen LogP contribution in [0.25, 0.3) is 11.0 Å². The SMILES string of the molecule is CCCCc1oc2ccccc2c1CC#N. The van der Waals surface area contributed by atoms with Gasteiger partial charge in [-0.25, -0.2) is 0 Å². The van der Waals surface area contributed by atoms with Crippen LogP contribution < -0.4 is 0 Å². The van der Waals surface area contributed by atoms with Gasteiger partial charge < -0.3 is 4.42 Å². The molecule has 0 bridgehead atoms. The molecule has 2 nitrogen and oxygen atoms in total. The summed E-state index contributed by atoms with van der Waals surface area (Å²) in [5, 5.41) is 9.95. The van der Waals surface area contributed by atoms with E-state index in [1.807, 2.05) is 24.3 Å². The zero-order chi connectivity index (χ0) is 11.4. The maximum Gasteiger partial charge on any atom is 0.134 e. The lowest BCUT2D eigenvalue weighted by Gasteiger charge is -1.97. The number of furan rings is 1. The quantitative estimate of drug-likeness (QED) is 0.773. The monoisotopic (exact) mass is 213 g/mol. The zero-order valence-electron chi connectivity index (χ0n) is 9.49. The first-order valence-electron chi connectivity index (χ1n) is 5.73. The Balaban J connectivity index is 2.46. The van der Waals surface area contributed by atoms with Crippen LogP contribution in [0.3, 0.4) is 0 Å². The molecule has 0 atom stereocenters. The van der Waals surface area contributed by atoms with Gasteiger partial charge in [-0.05, 0) is 12.5 Å². The highest BCUT2D eigenvalue weighted by atomic mass is 16.3. The van der Waals surface area contributed by atoms with E-state index in [0.717, 1.165) is 41.6 Å². The molecule has 82 valence electrons. The van der Waals surface area contributed by atoms with Crippen molar-refractivity contribution in [2.24, 2.45) is 0 Å². The van der Waals surface area contributed by atoms with Crippen molar-refractivity contribution in [1.82, 2.24) is 0 Å². The van der Waals surface area contributed by atoms with Crippen molar-refractivity contribution in [2.75, 3.05) is 0 Å². The molecule has 2 rings (SSSR count). The minimum atomic E-state index is 0.441. The molecule has 0 aliphatic rings. The van der Waals surface area contributed by atoms with Crippen molar-refractivity contribution in [1.29, 1.82) is 5.26 Å². The van der Waals surface area contributed by atoms with E-state index in [1.165, 1.54) is 0 Å². The van der Waals surface area contributed by atoms with Crippen LogP contribution in [0.15, 0.2) is 28.7 Å². The molecule has 0 radical (unpaired) electrons. The molecule has 0 spiro atoms. The Labute approximate surface area is 95.5 Å². The van der Waals surface area contributed by atoms with Gasteiger partial charge in [-0.2, -0.15) is 5.26 Å². The predicted octanol–water partition coefficient (Wildman–Crippen LogP) is 3.84. The number of nitriles is 1. The van der Waals surface area contributed by atoms with Gasteiger partial charge in [0.15, 0.2) is 0 Å². The number of hydrogen-bond acceptors (Lipinski definition) is 2. The van der Waals surface area contributed by atoms with Gasteiger partial charge in [0.25, 0.3) is 0 Å². The highest BCUT2D eigenvalue weighted by molar-refractivity contribution is 5.82. The van der Waals surface area contributed by atoms with Gasteiger partial charge in [-0.3, -0.25) is 0 Å². The summed E-state index contributed by atoms with van der Waals surface area (Å²) in [6.07, 6.45) is 3.62. The fourth-order valence-electron chi connectivity index (χ4n) is 1.96. The molecule has 0 aliphatic heterocycles. The average Bonchev–Trinajstić information content (AvgIpc) is 2.66. The van der Waals surface area contributed by atoms with Gasteiger partial charge >= 0.3 is 0 Å². The Morgan fingerprint density at radius 2 is 2.12 bits per heavy atom. The van der Waals surface area contributed by atoms with Crippen LogP contribution in [0.4, 0.5) is 0 Å². The van der Waals surface area contributed by atoms with Crippen LogP contribution in [-0.2, 0) is 12.8 Å². The summed E-state index contributed by atoms with van der Waals surface area (Å²) in [6.45, 7) is 2.16. The molecule has 0 amide bonds. The summed E-state index contributed by atoms with van der Waals surface area (Å²) in [5.41, 5.74) is 1.98. The second kappa shape index (κ2) is 4.85.